The van der Waals surface area contributed by atoms with Gasteiger partial charge in [0.2, 0.25) is 0 Å². The summed E-state index contributed by atoms with van der Waals surface area (Å²) in [6.45, 7) is 23.4. The Kier molecular flexibility index (Phi) is 8.73. The Morgan fingerprint density at radius 1 is 0.478 bits per heavy atom. The molecule has 3 aliphatic rings. The van der Waals surface area contributed by atoms with Crippen LogP contribution in [0.1, 0.15) is 104 Å². The number of rotatable bonds is 3. The zero-order valence-corrected chi connectivity index (χ0v) is 41.6. The van der Waals surface area contributed by atoms with Gasteiger partial charge >= 0.3 is 6.85 Å². The van der Waals surface area contributed by atoms with Crippen molar-refractivity contribution in [2.45, 2.75) is 104 Å². The molecule has 0 N–H and O–H groups in total. The Bertz CT molecular complexity index is 3760. The van der Waals surface area contributed by atoms with Gasteiger partial charge in [0, 0.05) is 49.7 Å². The first-order valence-corrected chi connectivity index (χ1v) is 25.0. The molecule has 13 rings (SSSR count). The summed E-state index contributed by atoms with van der Waals surface area (Å²) >= 11 is 0. The van der Waals surface area contributed by atoms with Gasteiger partial charge in [-0.2, -0.15) is 0 Å². The SMILES string of the molecule is CC(C)(C)c1ccc(N2B3c4c(cc5c(oc6ccccc65)c4N(c4ccc(C(C)(C)C)cc4-c4ccccc4)c4ccc5oc6ccccc6c5c43)-c3cc4c(cc32)C(C)(C)CCC4(C)C)cc1. The Morgan fingerprint density at radius 3 is 1.78 bits per heavy atom. The normalized spacial score (nSPS) is 16.0. The molecule has 0 amide bonds. The molecule has 0 atom stereocenters. The maximum atomic E-state index is 7.31. The predicted molar refractivity (Wildman–Crippen MR) is 293 cm³/mol. The van der Waals surface area contributed by atoms with E-state index >= 15 is 0 Å². The van der Waals surface area contributed by atoms with E-state index in [-0.39, 0.29) is 28.5 Å². The van der Waals surface area contributed by atoms with Crippen LogP contribution >= 0.6 is 0 Å². The van der Waals surface area contributed by atoms with Gasteiger partial charge < -0.3 is 18.5 Å². The van der Waals surface area contributed by atoms with E-state index in [0.29, 0.717) is 0 Å². The number of para-hydroxylation sites is 2. The zero-order chi connectivity index (χ0) is 47.5. The second kappa shape index (κ2) is 14.3. The average Bonchev–Trinajstić information content (AvgIpc) is 3.91. The lowest BCUT2D eigenvalue weighted by Crippen LogP contribution is -2.62. The van der Waals surface area contributed by atoms with Crippen molar-refractivity contribution in [2.24, 2.45) is 0 Å². The van der Waals surface area contributed by atoms with Gasteiger partial charge in [-0.25, -0.2) is 0 Å². The first-order chi connectivity index (χ1) is 33.0. The standard InChI is InChI=1S/C64H59BN2O2/c1-61(2,3)39-24-27-41(28-25-39)67-52-37-49-48(63(7,8)32-33-64(49,9)10)36-45(52)46-35-47-42-20-14-16-22-53(42)69-60(47)59-57(46)65(67)58-51(30-31-55-56(58)43-21-15-17-23-54(43)68-55)66(59)50-29-26-40(62(4,5)6)34-44(50)38-18-12-11-13-19-38/h11-31,34-37H,32-33H2,1-10H3. The molecule has 0 spiro atoms. The fraction of sp³-hybridized carbons (Fsp3) is 0.250. The topological polar surface area (TPSA) is 32.8 Å². The number of nitrogens with zero attached hydrogens (tertiary/aromatic N) is 2. The number of hydrogen-bond acceptors (Lipinski definition) is 4. The summed E-state index contributed by atoms with van der Waals surface area (Å²) in [6, 6.07) is 57.0. The van der Waals surface area contributed by atoms with Gasteiger partial charge in [0.15, 0.2) is 5.58 Å². The van der Waals surface area contributed by atoms with E-state index in [4.69, 9.17) is 8.83 Å². The van der Waals surface area contributed by atoms with Crippen LogP contribution in [0, 0.1) is 0 Å². The van der Waals surface area contributed by atoms with Crippen molar-refractivity contribution < 1.29 is 8.83 Å². The summed E-state index contributed by atoms with van der Waals surface area (Å²) in [5.74, 6) is 0. The van der Waals surface area contributed by atoms with Crippen LogP contribution in [0.5, 0.6) is 0 Å². The lowest BCUT2D eigenvalue weighted by Gasteiger charge is -2.48. The number of benzene rings is 8. The minimum atomic E-state index is -0.261. The van der Waals surface area contributed by atoms with Gasteiger partial charge in [-0.3, -0.25) is 0 Å². The molecule has 0 radical (unpaired) electrons. The molecule has 0 saturated carbocycles. The maximum absolute atomic E-state index is 7.31. The van der Waals surface area contributed by atoms with E-state index in [0.717, 1.165) is 79.5 Å². The maximum Gasteiger partial charge on any atom is 0.333 e. The Morgan fingerprint density at radius 2 is 1.09 bits per heavy atom. The van der Waals surface area contributed by atoms with Crippen molar-refractivity contribution in [3.8, 4) is 22.3 Å². The molecular formula is C64H59BN2O2. The number of anilines is 5. The molecule has 340 valence electrons. The third-order valence-corrected chi connectivity index (χ3v) is 16.2. The van der Waals surface area contributed by atoms with Crippen LogP contribution in [0.2, 0.25) is 0 Å². The summed E-state index contributed by atoms with van der Waals surface area (Å²) in [5, 5.41) is 4.51. The lowest BCUT2D eigenvalue weighted by atomic mass is 9.42. The highest BCUT2D eigenvalue weighted by Gasteiger charge is 2.50. The molecular weight excluding hydrogens is 840 g/mol. The fourth-order valence-electron chi connectivity index (χ4n) is 12.3. The molecule has 0 fully saturated rings. The van der Waals surface area contributed by atoms with Crippen LogP contribution in [0.3, 0.4) is 0 Å². The van der Waals surface area contributed by atoms with Crippen molar-refractivity contribution >= 4 is 90.1 Å². The molecule has 69 heavy (non-hydrogen) atoms. The van der Waals surface area contributed by atoms with Gasteiger partial charge in [-0.1, -0.05) is 154 Å². The van der Waals surface area contributed by atoms with Gasteiger partial charge in [-0.05, 0) is 146 Å². The Hall–Kier alpha value is -6.98. The van der Waals surface area contributed by atoms with E-state index in [1.54, 1.807) is 0 Å². The highest BCUT2D eigenvalue weighted by Crippen LogP contribution is 2.56. The molecule has 0 saturated heterocycles. The molecule has 10 aromatic rings. The molecule has 8 aromatic carbocycles. The van der Waals surface area contributed by atoms with E-state index < -0.39 is 0 Å². The number of hydrogen-bond donors (Lipinski definition) is 0. The average molecular weight is 899 g/mol. The van der Waals surface area contributed by atoms with E-state index in [1.807, 2.05) is 0 Å². The molecule has 0 bridgehead atoms. The summed E-state index contributed by atoms with van der Waals surface area (Å²) in [4.78, 5) is 5.26. The Labute approximate surface area is 406 Å². The quantitative estimate of drug-likeness (QED) is 0.165. The van der Waals surface area contributed by atoms with Crippen molar-refractivity contribution in [2.75, 3.05) is 9.71 Å². The van der Waals surface area contributed by atoms with Crippen LogP contribution in [-0.2, 0) is 21.7 Å². The predicted octanol–water partition coefficient (Wildman–Crippen LogP) is 16.8. The first-order valence-electron chi connectivity index (χ1n) is 25.0. The smallest absolute Gasteiger partial charge is 0.333 e. The second-order valence-corrected chi connectivity index (χ2v) is 23.6. The summed E-state index contributed by atoms with van der Waals surface area (Å²) in [5.41, 5.74) is 22.0. The highest BCUT2D eigenvalue weighted by atomic mass is 16.3. The minimum Gasteiger partial charge on any atom is -0.456 e. The van der Waals surface area contributed by atoms with E-state index in [2.05, 4.69) is 231 Å². The molecule has 0 unspecified atom stereocenters. The third kappa shape index (κ3) is 6.14. The summed E-state index contributed by atoms with van der Waals surface area (Å²) in [6.07, 6.45) is 2.27. The second-order valence-electron chi connectivity index (χ2n) is 23.6. The zero-order valence-electron chi connectivity index (χ0n) is 41.6. The van der Waals surface area contributed by atoms with Gasteiger partial charge in [0.05, 0.1) is 11.4 Å². The number of fused-ring (bicyclic) bond motifs is 13. The van der Waals surface area contributed by atoms with E-state index in [1.165, 1.54) is 61.1 Å². The van der Waals surface area contributed by atoms with Crippen LogP contribution in [-0.4, -0.2) is 6.85 Å². The van der Waals surface area contributed by atoms with Gasteiger partial charge in [0.1, 0.15) is 16.7 Å². The van der Waals surface area contributed by atoms with Crippen LogP contribution in [0.25, 0.3) is 66.1 Å². The Balaban J connectivity index is 1.25. The highest BCUT2D eigenvalue weighted by molar-refractivity contribution is 6.95. The molecule has 4 nitrogen and oxygen atoms in total. The summed E-state index contributed by atoms with van der Waals surface area (Å²) in [7, 11) is 0. The number of furan rings is 2. The van der Waals surface area contributed by atoms with Crippen molar-refractivity contribution in [1.29, 1.82) is 0 Å². The third-order valence-electron chi connectivity index (χ3n) is 16.2. The molecule has 5 heteroatoms. The minimum absolute atomic E-state index is 0.000152. The van der Waals surface area contributed by atoms with Crippen molar-refractivity contribution in [3.05, 3.63) is 174 Å². The van der Waals surface area contributed by atoms with Crippen molar-refractivity contribution in [3.63, 3.8) is 0 Å². The largest absolute Gasteiger partial charge is 0.456 e. The monoisotopic (exact) mass is 898 g/mol. The van der Waals surface area contributed by atoms with Gasteiger partial charge in [-0.15, -0.1) is 0 Å². The molecule has 2 aromatic heterocycles. The van der Waals surface area contributed by atoms with Gasteiger partial charge in [0.25, 0.3) is 0 Å². The summed E-state index contributed by atoms with van der Waals surface area (Å²) < 4.78 is 14.2. The van der Waals surface area contributed by atoms with E-state index in [9.17, 15) is 0 Å². The first kappa shape index (κ1) is 42.2. The van der Waals surface area contributed by atoms with Crippen LogP contribution in [0.15, 0.2) is 160 Å². The molecule has 1 aliphatic carbocycles. The van der Waals surface area contributed by atoms with Crippen LogP contribution < -0.4 is 20.6 Å². The molecule has 4 heterocycles. The van der Waals surface area contributed by atoms with Crippen molar-refractivity contribution in [1.82, 2.24) is 0 Å². The fourth-order valence-corrected chi connectivity index (χ4v) is 12.3. The van der Waals surface area contributed by atoms with Crippen LogP contribution in [0.4, 0.5) is 28.4 Å². The molecule has 2 aliphatic heterocycles. The lowest BCUT2D eigenvalue weighted by molar-refractivity contribution is 0.332.